The maximum atomic E-state index is 12.7. The zero-order valence-corrected chi connectivity index (χ0v) is 11.1. The van der Waals surface area contributed by atoms with Crippen LogP contribution in [0.15, 0.2) is 29.2 Å². The highest BCUT2D eigenvalue weighted by atomic mass is 32.2. The Bertz CT molecular complexity index is 589. The fourth-order valence-electron chi connectivity index (χ4n) is 2.12. The van der Waals surface area contributed by atoms with E-state index in [1.165, 1.54) is 23.1 Å². The Hall–Kier alpha value is -1.32. The van der Waals surface area contributed by atoms with Crippen molar-refractivity contribution in [2.45, 2.75) is 17.1 Å². The second-order valence-corrected chi connectivity index (χ2v) is 5.83. The van der Waals surface area contributed by atoms with Gasteiger partial charge in [0.2, 0.25) is 0 Å². The molecule has 0 aromatic heterocycles. The summed E-state index contributed by atoms with van der Waals surface area (Å²) in [6.45, 7) is -0.112. The Morgan fingerprint density at radius 3 is 2.55 bits per heavy atom. The summed E-state index contributed by atoms with van der Waals surface area (Å²) in [5.74, 6) is 0. The fourth-order valence-corrected chi connectivity index (χ4v) is 2.84. The summed E-state index contributed by atoms with van der Waals surface area (Å²) in [6.07, 6.45) is -4.41. The lowest BCUT2D eigenvalue weighted by atomic mass is 10.1. The molecule has 1 aliphatic heterocycles. The molecule has 0 bridgehead atoms. The van der Waals surface area contributed by atoms with Crippen molar-refractivity contribution in [3.05, 3.63) is 24.3 Å². The van der Waals surface area contributed by atoms with Crippen molar-refractivity contribution >= 4 is 15.8 Å². The number of para-hydroxylation sites is 1. The number of nitrogens with one attached hydrogen (secondary N) is 1. The minimum atomic E-state index is -4.48. The summed E-state index contributed by atoms with van der Waals surface area (Å²) in [4.78, 5) is 0.917. The largest absolute Gasteiger partial charge is 0.405 e. The van der Waals surface area contributed by atoms with Crippen LogP contribution in [0.4, 0.5) is 18.9 Å². The molecule has 1 aromatic rings. The van der Waals surface area contributed by atoms with Crippen molar-refractivity contribution in [2.24, 2.45) is 0 Å². The average molecular weight is 310 g/mol. The van der Waals surface area contributed by atoms with Gasteiger partial charge in [0.25, 0.3) is 10.1 Å². The molecule has 2 N–H and O–H groups in total. The number of halogens is 3. The van der Waals surface area contributed by atoms with Crippen LogP contribution in [0.3, 0.4) is 0 Å². The number of benzene rings is 1. The Labute approximate surface area is 114 Å². The number of rotatable bonds is 2. The first-order valence-electron chi connectivity index (χ1n) is 5.81. The van der Waals surface area contributed by atoms with Crippen molar-refractivity contribution in [3.8, 4) is 0 Å². The first kappa shape index (κ1) is 15.1. The van der Waals surface area contributed by atoms with Gasteiger partial charge in [0.1, 0.15) is 10.9 Å². The zero-order valence-electron chi connectivity index (χ0n) is 10.3. The number of piperazine rings is 1. The first-order valence-corrected chi connectivity index (χ1v) is 7.25. The second kappa shape index (κ2) is 5.23. The standard InChI is InChI=1S/C11H13F3N2O3S/c12-11(13,14)10-7-16(6-5-15-10)8-3-1-2-4-9(8)20(17,18)19/h1-4,10,15H,5-7H2,(H,17,18,19). The van der Waals surface area contributed by atoms with E-state index in [0.29, 0.717) is 0 Å². The highest BCUT2D eigenvalue weighted by molar-refractivity contribution is 7.86. The van der Waals surface area contributed by atoms with Gasteiger partial charge < -0.3 is 10.2 Å². The molecule has 1 aromatic carbocycles. The Morgan fingerprint density at radius 2 is 1.95 bits per heavy atom. The topological polar surface area (TPSA) is 69.6 Å². The van der Waals surface area contributed by atoms with Crippen molar-refractivity contribution in [1.29, 1.82) is 0 Å². The van der Waals surface area contributed by atoms with Gasteiger partial charge in [0.15, 0.2) is 0 Å². The van der Waals surface area contributed by atoms with E-state index in [1.807, 2.05) is 0 Å². The van der Waals surface area contributed by atoms with E-state index < -0.39 is 28.9 Å². The van der Waals surface area contributed by atoms with Gasteiger partial charge in [-0.1, -0.05) is 12.1 Å². The van der Waals surface area contributed by atoms with E-state index in [2.05, 4.69) is 5.32 Å². The van der Waals surface area contributed by atoms with Crippen molar-refractivity contribution in [1.82, 2.24) is 5.32 Å². The first-order chi connectivity index (χ1) is 9.19. The molecule has 1 aliphatic rings. The van der Waals surface area contributed by atoms with Crippen LogP contribution >= 0.6 is 0 Å². The molecule has 1 saturated heterocycles. The third-order valence-corrected chi connectivity index (χ3v) is 3.96. The minimum absolute atomic E-state index is 0.0734. The summed E-state index contributed by atoms with van der Waals surface area (Å²) in [6, 6.07) is 3.72. The van der Waals surface area contributed by atoms with Gasteiger partial charge in [-0.15, -0.1) is 0 Å². The smallest absolute Gasteiger partial charge is 0.367 e. The summed E-state index contributed by atoms with van der Waals surface area (Å²) in [7, 11) is -4.48. The highest BCUT2D eigenvalue weighted by Crippen LogP contribution is 2.29. The summed E-state index contributed by atoms with van der Waals surface area (Å²) in [5.41, 5.74) is 0.0748. The lowest BCUT2D eigenvalue weighted by Crippen LogP contribution is -2.57. The molecule has 1 fully saturated rings. The fraction of sp³-hybridized carbons (Fsp3) is 0.455. The Kier molecular flexibility index (Phi) is 3.94. The molecule has 112 valence electrons. The van der Waals surface area contributed by atoms with Crippen molar-refractivity contribution < 1.29 is 26.1 Å². The predicted octanol–water partition coefficient (Wildman–Crippen LogP) is 1.27. The average Bonchev–Trinajstić information content (AvgIpc) is 2.37. The predicted molar refractivity (Wildman–Crippen MR) is 66.3 cm³/mol. The summed E-state index contributed by atoms with van der Waals surface area (Å²) in [5, 5.41) is 2.34. The molecule has 5 nitrogen and oxygen atoms in total. The number of hydrogen-bond acceptors (Lipinski definition) is 4. The van der Waals surface area contributed by atoms with Crippen LogP contribution in [-0.4, -0.2) is 44.8 Å². The maximum absolute atomic E-state index is 12.7. The minimum Gasteiger partial charge on any atom is -0.367 e. The van der Waals surface area contributed by atoms with Gasteiger partial charge in [-0.3, -0.25) is 4.55 Å². The van der Waals surface area contributed by atoms with E-state index >= 15 is 0 Å². The third kappa shape index (κ3) is 3.22. The molecule has 1 atom stereocenters. The van der Waals surface area contributed by atoms with E-state index in [4.69, 9.17) is 4.55 Å². The van der Waals surface area contributed by atoms with Gasteiger partial charge in [0, 0.05) is 19.6 Å². The van der Waals surface area contributed by atoms with Gasteiger partial charge >= 0.3 is 6.18 Å². The van der Waals surface area contributed by atoms with E-state index in [1.54, 1.807) is 0 Å². The Balaban J connectivity index is 2.33. The monoisotopic (exact) mass is 310 g/mol. The molecular weight excluding hydrogens is 297 g/mol. The summed E-state index contributed by atoms with van der Waals surface area (Å²) >= 11 is 0. The zero-order chi connectivity index (χ0) is 15.0. The van der Waals surface area contributed by atoms with Crippen LogP contribution in [0.5, 0.6) is 0 Å². The number of nitrogens with zero attached hydrogens (tertiary/aromatic N) is 1. The second-order valence-electron chi connectivity index (χ2n) is 4.44. The number of anilines is 1. The molecule has 1 unspecified atom stereocenters. The molecule has 1 heterocycles. The van der Waals surface area contributed by atoms with Gasteiger partial charge in [-0.05, 0) is 12.1 Å². The third-order valence-electron chi connectivity index (χ3n) is 3.05. The van der Waals surface area contributed by atoms with Crippen LogP contribution in [0.2, 0.25) is 0 Å². The molecule has 20 heavy (non-hydrogen) atoms. The molecule has 0 aliphatic carbocycles. The van der Waals surface area contributed by atoms with E-state index in [-0.39, 0.29) is 23.7 Å². The van der Waals surface area contributed by atoms with Crippen LogP contribution < -0.4 is 10.2 Å². The quantitative estimate of drug-likeness (QED) is 0.805. The molecule has 0 saturated carbocycles. The van der Waals surface area contributed by atoms with Gasteiger partial charge in [-0.2, -0.15) is 21.6 Å². The molecule has 2 rings (SSSR count). The van der Waals surface area contributed by atoms with Crippen LogP contribution in [0.25, 0.3) is 0 Å². The lowest BCUT2D eigenvalue weighted by molar-refractivity contribution is -0.155. The molecule has 0 radical (unpaired) electrons. The van der Waals surface area contributed by atoms with Crippen LogP contribution in [0, 0.1) is 0 Å². The van der Waals surface area contributed by atoms with Crippen molar-refractivity contribution in [3.63, 3.8) is 0 Å². The maximum Gasteiger partial charge on any atom is 0.405 e. The summed E-state index contributed by atoms with van der Waals surface area (Å²) < 4.78 is 69.8. The molecule has 0 spiro atoms. The number of alkyl halides is 3. The molecule has 0 amide bonds. The van der Waals surface area contributed by atoms with Gasteiger partial charge in [0.05, 0.1) is 5.69 Å². The van der Waals surface area contributed by atoms with Crippen LogP contribution in [0.1, 0.15) is 0 Å². The van der Waals surface area contributed by atoms with Crippen molar-refractivity contribution in [2.75, 3.05) is 24.5 Å². The van der Waals surface area contributed by atoms with Crippen LogP contribution in [-0.2, 0) is 10.1 Å². The number of hydrogen-bond donors (Lipinski definition) is 2. The SMILES string of the molecule is O=S(=O)(O)c1ccccc1N1CCNC(C(F)(F)F)C1. The van der Waals surface area contributed by atoms with E-state index in [9.17, 15) is 21.6 Å². The normalized spacial score (nSPS) is 21.0. The highest BCUT2D eigenvalue weighted by Gasteiger charge is 2.42. The Morgan fingerprint density at radius 1 is 1.30 bits per heavy atom. The van der Waals surface area contributed by atoms with Gasteiger partial charge in [-0.25, -0.2) is 0 Å². The molecular formula is C11H13F3N2O3S. The van der Waals surface area contributed by atoms with E-state index in [0.717, 1.165) is 6.07 Å². The lowest BCUT2D eigenvalue weighted by Gasteiger charge is -2.36. The molecule has 9 heteroatoms.